The molecule has 0 heterocycles. The number of rotatable bonds is 5. The lowest BCUT2D eigenvalue weighted by Crippen LogP contribution is -2.48. The van der Waals surface area contributed by atoms with E-state index in [9.17, 15) is 5.11 Å². The highest BCUT2D eigenvalue weighted by Gasteiger charge is 2.34. The maximum Gasteiger partial charge on any atom is 0.0695 e. The lowest BCUT2D eigenvalue weighted by atomic mass is 9.84. The topological polar surface area (TPSA) is 23.5 Å². The molecule has 0 amide bonds. The van der Waals surface area contributed by atoms with Crippen LogP contribution < -0.4 is 0 Å². The summed E-state index contributed by atoms with van der Waals surface area (Å²) in [6.07, 6.45) is 7.40. The summed E-state index contributed by atoms with van der Waals surface area (Å²) in [6.45, 7) is 6.99. The Bertz CT molecular complexity index is 215. The van der Waals surface area contributed by atoms with Crippen LogP contribution in [-0.2, 0) is 0 Å². The average molecular weight is 225 g/mol. The molecule has 0 aromatic heterocycles. The standard InChI is InChI=1S/C14H27NO/c1-3-8-15(10-12-5-6-12)13-9-11(2)4-7-14(13)16/h11-14,16H,3-10H2,1-2H3. The minimum Gasteiger partial charge on any atom is -0.391 e. The largest absolute Gasteiger partial charge is 0.391 e. The number of hydrogen-bond acceptors (Lipinski definition) is 2. The van der Waals surface area contributed by atoms with Gasteiger partial charge in [0.2, 0.25) is 0 Å². The average Bonchev–Trinajstić information content (AvgIpc) is 3.05. The maximum absolute atomic E-state index is 10.2. The van der Waals surface area contributed by atoms with Gasteiger partial charge in [0.05, 0.1) is 6.10 Å². The van der Waals surface area contributed by atoms with Gasteiger partial charge in [-0.25, -0.2) is 0 Å². The Morgan fingerprint density at radius 2 is 1.94 bits per heavy atom. The highest BCUT2D eigenvalue weighted by Crippen LogP contribution is 2.33. The Morgan fingerprint density at radius 1 is 1.19 bits per heavy atom. The molecule has 0 bridgehead atoms. The normalized spacial score (nSPS) is 35.6. The fourth-order valence-electron chi connectivity index (χ4n) is 3.04. The Labute approximate surface area is 100 Å². The van der Waals surface area contributed by atoms with Gasteiger partial charge in [0.15, 0.2) is 0 Å². The molecule has 94 valence electrons. The molecule has 0 aliphatic heterocycles. The van der Waals surface area contributed by atoms with Gasteiger partial charge in [0, 0.05) is 12.6 Å². The molecule has 0 saturated heterocycles. The van der Waals surface area contributed by atoms with E-state index >= 15 is 0 Å². The van der Waals surface area contributed by atoms with Gasteiger partial charge in [-0.1, -0.05) is 13.8 Å². The van der Waals surface area contributed by atoms with Crippen molar-refractivity contribution in [2.24, 2.45) is 11.8 Å². The van der Waals surface area contributed by atoms with E-state index in [2.05, 4.69) is 18.7 Å². The number of aliphatic hydroxyl groups excluding tert-OH is 1. The van der Waals surface area contributed by atoms with Crippen molar-refractivity contribution in [2.45, 2.75) is 64.5 Å². The van der Waals surface area contributed by atoms with Crippen LogP contribution in [-0.4, -0.2) is 35.2 Å². The molecule has 0 aromatic rings. The lowest BCUT2D eigenvalue weighted by Gasteiger charge is -2.40. The second-order valence-electron chi connectivity index (χ2n) is 5.99. The van der Waals surface area contributed by atoms with E-state index in [0.29, 0.717) is 6.04 Å². The van der Waals surface area contributed by atoms with E-state index in [1.807, 2.05) is 0 Å². The highest BCUT2D eigenvalue weighted by molar-refractivity contribution is 4.88. The van der Waals surface area contributed by atoms with Crippen molar-refractivity contribution >= 4 is 0 Å². The van der Waals surface area contributed by atoms with Crippen LogP contribution in [0, 0.1) is 11.8 Å². The first kappa shape index (κ1) is 12.4. The molecule has 16 heavy (non-hydrogen) atoms. The molecule has 2 heteroatoms. The second-order valence-corrected chi connectivity index (χ2v) is 5.99. The zero-order valence-electron chi connectivity index (χ0n) is 10.9. The minimum atomic E-state index is -0.0681. The third kappa shape index (κ3) is 3.21. The molecule has 2 rings (SSSR count). The van der Waals surface area contributed by atoms with Gasteiger partial charge < -0.3 is 5.11 Å². The van der Waals surface area contributed by atoms with Gasteiger partial charge in [0.1, 0.15) is 0 Å². The molecule has 0 radical (unpaired) electrons. The van der Waals surface area contributed by atoms with Crippen LogP contribution in [0.25, 0.3) is 0 Å². The molecule has 2 nitrogen and oxygen atoms in total. The predicted molar refractivity (Wildman–Crippen MR) is 67.4 cm³/mol. The predicted octanol–water partition coefficient (Wildman–Crippen LogP) is 2.66. The Morgan fingerprint density at radius 3 is 2.56 bits per heavy atom. The minimum absolute atomic E-state index is 0.0681. The summed E-state index contributed by atoms with van der Waals surface area (Å²) in [6, 6.07) is 0.448. The summed E-state index contributed by atoms with van der Waals surface area (Å²) in [5.74, 6) is 1.74. The van der Waals surface area contributed by atoms with Gasteiger partial charge in [-0.2, -0.15) is 0 Å². The summed E-state index contributed by atoms with van der Waals surface area (Å²) in [7, 11) is 0. The van der Waals surface area contributed by atoms with E-state index in [1.54, 1.807) is 0 Å². The van der Waals surface area contributed by atoms with Gasteiger partial charge in [0.25, 0.3) is 0 Å². The first-order chi connectivity index (χ1) is 7.70. The highest BCUT2D eigenvalue weighted by atomic mass is 16.3. The monoisotopic (exact) mass is 225 g/mol. The van der Waals surface area contributed by atoms with Crippen LogP contribution in [0.5, 0.6) is 0 Å². The van der Waals surface area contributed by atoms with E-state index in [-0.39, 0.29) is 6.10 Å². The lowest BCUT2D eigenvalue weighted by molar-refractivity contribution is 0.00355. The van der Waals surface area contributed by atoms with E-state index in [1.165, 1.54) is 45.2 Å². The third-order valence-corrected chi connectivity index (χ3v) is 4.21. The molecule has 0 aromatic carbocycles. The smallest absolute Gasteiger partial charge is 0.0695 e. The van der Waals surface area contributed by atoms with Crippen LogP contribution in [0.15, 0.2) is 0 Å². The summed E-state index contributed by atoms with van der Waals surface area (Å²) >= 11 is 0. The molecular weight excluding hydrogens is 198 g/mol. The van der Waals surface area contributed by atoms with Crippen LogP contribution in [0.2, 0.25) is 0 Å². The summed E-state index contributed by atoms with van der Waals surface area (Å²) in [5, 5.41) is 10.2. The Hall–Kier alpha value is -0.0800. The first-order valence-corrected chi connectivity index (χ1v) is 7.12. The van der Waals surface area contributed by atoms with Gasteiger partial charge >= 0.3 is 0 Å². The first-order valence-electron chi connectivity index (χ1n) is 7.12. The Kier molecular flexibility index (Phi) is 4.26. The second kappa shape index (κ2) is 5.50. The van der Waals surface area contributed by atoms with Crippen LogP contribution in [0.1, 0.15) is 52.4 Å². The van der Waals surface area contributed by atoms with Crippen molar-refractivity contribution in [3.8, 4) is 0 Å². The number of nitrogens with zero attached hydrogens (tertiary/aromatic N) is 1. The van der Waals surface area contributed by atoms with E-state index < -0.39 is 0 Å². The van der Waals surface area contributed by atoms with Crippen molar-refractivity contribution < 1.29 is 5.11 Å². The summed E-state index contributed by atoms with van der Waals surface area (Å²) in [5.41, 5.74) is 0. The van der Waals surface area contributed by atoms with Crippen LogP contribution in [0.3, 0.4) is 0 Å². The number of hydrogen-bond donors (Lipinski definition) is 1. The van der Waals surface area contributed by atoms with Gasteiger partial charge in [-0.15, -0.1) is 0 Å². The van der Waals surface area contributed by atoms with Crippen molar-refractivity contribution in [2.75, 3.05) is 13.1 Å². The molecule has 1 N–H and O–H groups in total. The molecular formula is C14H27NO. The van der Waals surface area contributed by atoms with Crippen molar-refractivity contribution in [3.63, 3.8) is 0 Å². The summed E-state index contributed by atoms with van der Waals surface area (Å²) in [4.78, 5) is 2.58. The molecule has 2 aliphatic rings. The van der Waals surface area contributed by atoms with Crippen molar-refractivity contribution in [3.05, 3.63) is 0 Å². The van der Waals surface area contributed by atoms with Gasteiger partial charge in [-0.05, 0) is 56.9 Å². The molecule has 0 spiro atoms. The Balaban J connectivity index is 1.92. The molecule has 2 fully saturated rings. The number of aliphatic hydroxyl groups is 1. The van der Waals surface area contributed by atoms with E-state index in [4.69, 9.17) is 0 Å². The maximum atomic E-state index is 10.2. The van der Waals surface area contributed by atoms with Crippen LogP contribution >= 0.6 is 0 Å². The molecule has 3 unspecified atom stereocenters. The zero-order valence-corrected chi connectivity index (χ0v) is 10.9. The zero-order chi connectivity index (χ0) is 11.5. The quantitative estimate of drug-likeness (QED) is 0.777. The fourth-order valence-corrected chi connectivity index (χ4v) is 3.04. The molecule has 3 atom stereocenters. The molecule has 2 aliphatic carbocycles. The summed E-state index contributed by atoms with van der Waals surface area (Å²) < 4.78 is 0. The van der Waals surface area contributed by atoms with E-state index in [0.717, 1.165) is 18.3 Å². The van der Waals surface area contributed by atoms with Crippen molar-refractivity contribution in [1.82, 2.24) is 4.90 Å². The fraction of sp³-hybridized carbons (Fsp3) is 1.00. The van der Waals surface area contributed by atoms with Gasteiger partial charge in [-0.3, -0.25) is 4.90 Å². The third-order valence-electron chi connectivity index (χ3n) is 4.21. The molecule has 2 saturated carbocycles. The van der Waals surface area contributed by atoms with Crippen LogP contribution in [0.4, 0.5) is 0 Å². The van der Waals surface area contributed by atoms with Crippen molar-refractivity contribution in [1.29, 1.82) is 0 Å². The SMILES string of the molecule is CCCN(CC1CC1)C1CC(C)CCC1O.